The molecule has 0 spiro atoms. The molecule has 0 aromatic rings. The van der Waals surface area contributed by atoms with Crippen LogP contribution in [0.3, 0.4) is 0 Å². The standard InChI is InChI=1S/C14H15ClO4/c1-3-4-9(16)18-12-11-8-5-6-14(12,15)7(2)10(8)13(17)19-11/h3-8,10-12H,1-2H3/b4-3+/t7-,8+,10-,11-,12-,14+/m0/s1. The quantitative estimate of drug-likeness (QED) is 0.336. The number of ether oxygens (including phenoxy) is 2. The Morgan fingerprint density at radius 2 is 2.32 bits per heavy atom. The van der Waals surface area contributed by atoms with E-state index >= 15 is 0 Å². The fraction of sp³-hybridized carbons (Fsp3) is 0.571. The highest BCUT2D eigenvalue weighted by molar-refractivity contribution is 6.26. The summed E-state index contributed by atoms with van der Waals surface area (Å²) >= 11 is 6.63. The molecule has 0 aromatic carbocycles. The van der Waals surface area contributed by atoms with E-state index in [2.05, 4.69) is 0 Å². The summed E-state index contributed by atoms with van der Waals surface area (Å²) in [6, 6.07) is 0. The van der Waals surface area contributed by atoms with E-state index in [1.807, 2.05) is 19.1 Å². The van der Waals surface area contributed by atoms with Crippen LogP contribution >= 0.6 is 11.6 Å². The predicted molar refractivity (Wildman–Crippen MR) is 68.4 cm³/mol. The van der Waals surface area contributed by atoms with Crippen molar-refractivity contribution in [2.24, 2.45) is 17.8 Å². The molecule has 1 heterocycles. The molecule has 3 aliphatic carbocycles. The van der Waals surface area contributed by atoms with Crippen molar-refractivity contribution in [2.75, 3.05) is 0 Å². The van der Waals surface area contributed by atoms with E-state index in [4.69, 9.17) is 21.1 Å². The van der Waals surface area contributed by atoms with Gasteiger partial charge < -0.3 is 9.47 Å². The first-order valence-electron chi connectivity index (χ1n) is 6.41. The first-order chi connectivity index (χ1) is 8.99. The van der Waals surface area contributed by atoms with Crippen LogP contribution in [0.15, 0.2) is 24.3 Å². The van der Waals surface area contributed by atoms with Gasteiger partial charge in [-0.25, -0.2) is 4.79 Å². The van der Waals surface area contributed by atoms with Gasteiger partial charge in [-0.2, -0.15) is 0 Å². The first-order valence-corrected chi connectivity index (χ1v) is 6.79. The fourth-order valence-corrected chi connectivity index (χ4v) is 3.81. The Morgan fingerprint density at radius 3 is 3.00 bits per heavy atom. The number of halogens is 1. The molecule has 0 unspecified atom stereocenters. The molecule has 102 valence electrons. The molecule has 0 amide bonds. The SMILES string of the molecule is C/C=C/C(=O)O[C@H]1[C@H]2OC(=O)[C@@H]3[C@H]2C=C[C@@]1(Cl)[C@H]3C. The third-order valence-corrected chi connectivity index (χ3v) is 5.09. The van der Waals surface area contributed by atoms with Gasteiger partial charge in [-0.3, -0.25) is 4.79 Å². The Kier molecular flexibility index (Phi) is 2.75. The van der Waals surface area contributed by atoms with E-state index in [0.717, 1.165) is 0 Å². The van der Waals surface area contributed by atoms with Crippen molar-refractivity contribution in [3.05, 3.63) is 24.3 Å². The minimum absolute atomic E-state index is 0.0356. The molecule has 4 aliphatic rings. The second kappa shape index (κ2) is 4.10. The van der Waals surface area contributed by atoms with Crippen LogP contribution in [0.1, 0.15) is 13.8 Å². The van der Waals surface area contributed by atoms with Gasteiger partial charge in [0.2, 0.25) is 0 Å². The molecule has 0 N–H and O–H groups in total. The second-order valence-electron chi connectivity index (χ2n) is 5.34. The van der Waals surface area contributed by atoms with E-state index in [1.165, 1.54) is 6.08 Å². The van der Waals surface area contributed by atoms with Crippen molar-refractivity contribution in [3.63, 3.8) is 0 Å². The number of esters is 2. The highest BCUT2D eigenvalue weighted by atomic mass is 35.5. The van der Waals surface area contributed by atoms with Crippen LogP contribution in [0.25, 0.3) is 0 Å². The molecule has 6 atom stereocenters. The van der Waals surface area contributed by atoms with Gasteiger partial charge in [0.15, 0.2) is 6.10 Å². The van der Waals surface area contributed by atoms with Crippen molar-refractivity contribution >= 4 is 23.5 Å². The summed E-state index contributed by atoms with van der Waals surface area (Å²) < 4.78 is 10.8. The smallest absolute Gasteiger partial charge is 0.330 e. The Labute approximate surface area is 116 Å². The van der Waals surface area contributed by atoms with E-state index in [9.17, 15) is 9.59 Å². The van der Waals surface area contributed by atoms with E-state index in [-0.39, 0.29) is 23.7 Å². The van der Waals surface area contributed by atoms with Gasteiger partial charge in [-0.1, -0.05) is 25.2 Å². The number of hydrogen-bond acceptors (Lipinski definition) is 4. The predicted octanol–water partition coefficient (Wildman–Crippen LogP) is 1.83. The maximum atomic E-state index is 11.9. The number of carbonyl (C=O) groups is 2. The summed E-state index contributed by atoms with van der Waals surface area (Å²) in [4.78, 5) is 22.7. The summed E-state index contributed by atoms with van der Waals surface area (Å²) in [6.45, 7) is 3.65. The van der Waals surface area contributed by atoms with Crippen LogP contribution < -0.4 is 0 Å². The Morgan fingerprint density at radius 1 is 1.58 bits per heavy atom. The van der Waals surface area contributed by atoms with Gasteiger partial charge in [0.25, 0.3) is 0 Å². The maximum Gasteiger partial charge on any atom is 0.330 e. The van der Waals surface area contributed by atoms with Crippen LogP contribution in [0.5, 0.6) is 0 Å². The lowest BCUT2D eigenvalue weighted by Crippen LogP contribution is -2.60. The topological polar surface area (TPSA) is 52.6 Å². The summed E-state index contributed by atoms with van der Waals surface area (Å²) in [5.41, 5.74) is 0. The minimum Gasteiger partial charge on any atom is -0.457 e. The first kappa shape index (κ1) is 12.7. The van der Waals surface area contributed by atoms with Crippen molar-refractivity contribution < 1.29 is 19.1 Å². The molecule has 5 heteroatoms. The maximum absolute atomic E-state index is 11.9. The van der Waals surface area contributed by atoms with Gasteiger partial charge in [-0.15, -0.1) is 11.6 Å². The van der Waals surface area contributed by atoms with Crippen molar-refractivity contribution in [3.8, 4) is 0 Å². The molecule has 4 nitrogen and oxygen atoms in total. The van der Waals surface area contributed by atoms with Crippen LogP contribution in [0.2, 0.25) is 0 Å². The zero-order valence-electron chi connectivity index (χ0n) is 10.7. The Bertz CT molecular complexity index is 498. The number of carbonyl (C=O) groups excluding carboxylic acids is 2. The van der Waals surface area contributed by atoms with Crippen LogP contribution in [-0.2, 0) is 19.1 Å². The molecule has 2 fully saturated rings. The molecule has 19 heavy (non-hydrogen) atoms. The molecule has 0 aromatic heterocycles. The Hall–Kier alpha value is -1.29. The molecule has 4 bridgehead atoms. The number of hydrogen-bond donors (Lipinski definition) is 0. The van der Waals surface area contributed by atoms with Crippen LogP contribution in [0.4, 0.5) is 0 Å². The average molecular weight is 283 g/mol. The average Bonchev–Trinajstić information content (AvgIpc) is 2.66. The molecule has 0 radical (unpaired) electrons. The van der Waals surface area contributed by atoms with Crippen molar-refractivity contribution in [1.29, 1.82) is 0 Å². The highest BCUT2D eigenvalue weighted by Gasteiger charge is 2.67. The van der Waals surface area contributed by atoms with Gasteiger partial charge in [0.05, 0.1) is 5.92 Å². The lowest BCUT2D eigenvalue weighted by molar-refractivity contribution is -0.160. The summed E-state index contributed by atoms with van der Waals surface area (Å²) in [6.07, 6.45) is 5.65. The third-order valence-electron chi connectivity index (χ3n) is 4.41. The second-order valence-corrected chi connectivity index (χ2v) is 5.99. The van der Waals surface area contributed by atoms with Crippen LogP contribution in [-0.4, -0.2) is 29.0 Å². The zero-order chi connectivity index (χ0) is 13.8. The third kappa shape index (κ3) is 1.59. The fourth-order valence-electron chi connectivity index (χ4n) is 3.43. The Balaban J connectivity index is 1.96. The molecule has 4 rings (SSSR count). The van der Waals surface area contributed by atoms with E-state index in [0.29, 0.717) is 0 Å². The van der Waals surface area contributed by atoms with Crippen molar-refractivity contribution in [1.82, 2.24) is 0 Å². The minimum atomic E-state index is -0.854. The molecular weight excluding hydrogens is 268 g/mol. The van der Waals surface area contributed by atoms with Crippen LogP contribution in [0, 0.1) is 17.8 Å². The molecular formula is C14H15ClO4. The number of alkyl halides is 1. The van der Waals surface area contributed by atoms with Crippen molar-refractivity contribution in [2.45, 2.75) is 30.9 Å². The monoisotopic (exact) mass is 282 g/mol. The summed E-state index contributed by atoms with van der Waals surface area (Å²) in [7, 11) is 0. The van der Waals surface area contributed by atoms with E-state index in [1.54, 1.807) is 13.0 Å². The molecule has 1 aliphatic heterocycles. The van der Waals surface area contributed by atoms with E-state index < -0.39 is 23.1 Å². The van der Waals surface area contributed by atoms with Gasteiger partial charge in [-0.05, 0) is 12.8 Å². The van der Waals surface area contributed by atoms with Gasteiger partial charge >= 0.3 is 11.9 Å². The number of allylic oxidation sites excluding steroid dienone is 1. The molecule has 1 saturated carbocycles. The lowest BCUT2D eigenvalue weighted by atomic mass is 9.61. The highest BCUT2D eigenvalue weighted by Crippen LogP contribution is 2.56. The normalized spacial score (nSPS) is 46.7. The summed E-state index contributed by atoms with van der Waals surface area (Å²) in [5.74, 6) is -1.06. The van der Waals surface area contributed by atoms with Gasteiger partial charge in [0, 0.05) is 12.0 Å². The summed E-state index contributed by atoms with van der Waals surface area (Å²) in [5, 5.41) is 0. The lowest BCUT2D eigenvalue weighted by Gasteiger charge is -2.49. The largest absolute Gasteiger partial charge is 0.457 e. The zero-order valence-corrected chi connectivity index (χ0v) is 11.5. The number of rotatable bonds is 2. The van der Waals surface area contributed by atoms with Gasteiger partial charge in [0.1, 0.15) is 11.0 Å². The molecule has 1 saturated heterocycles.